The molecule has 146 valence electrons. The second-order valence-electron chi connectivity index (χ2n) is 6.25. The van der Waals surface area contributed by atoms with Gasteiger partial charge >= 0.3 is 0 Å². The van der Waals surface area contributed by atoms with Crippen LogP contribution >= 0.6 is 23.2 Å². The molecule has 3 rings (SSSR count). The highest BCUT2D eigenvalue weighted by atomic mass is 35.5. The largest absolute Gasteiger partial charge is 0.307 e. The topological polar surface area (TPSA) is 81.1 Å². The van der Waals surface area contributed by atoms with Gasteiger partial charge in [-0.2, -0.15) is 5.10 Å². The van der Waals surface area contributed by atoms with Gasteiger partial charge in [-0.3, -0.25) is 4.79 Å². The van der Waals surface area contributed by atoms with Gasteiger partial charge in [0.1, 0.15) is 5.82 Å². The molecule has 3 aromatic rings. The molecule has 0 aliphatic carbocycles. The predicted molar refractivity (Wildman–Crippen MR) is 110 cm³/mol. The highest BCUT2D eigenvalue weighted by molar-refractivity contribution is 7.90. The number of anilines is 1. The minimum Gasteiger partial charge on any atom is -0.307 e. The summed E-state index contributed by atoms with van der Waals surface area (Å²) >= 11 is 12.3. The maximum Gasteiger partial charge on any atom is 0.256 e. The van der Waals surface area contributed by atoms with Crippen LogP contribution in [-0.2, 0) is 9.84 Å². The molecule has 0 saturated carbocycles. The van der Waals surface area contributed by atoms with Crippen LogP contribution in [-0.4, -0.2) is 30.4 Å². The summed E-state index contributed by atoms with van der Waals surface area (Å²) in [6, 6.07) is 12.3. The molecule has 6 nitrogen and oxygen atoms in total. The summed E-state index contributed by atoms with van der Waals surface area (Å²) in [5.74, 6) is 0.0897. The van der Waals surface area contributed by atoms with Crippen LogP contribution in [0.4, 0.5) is 5.82 Å². The molecule has 28 heavy (non-hydrogen) atoms. The van der Waals surface area contributed by atoms with E-state index in [0.29, 0.717) is 21.4 Å². The van der Waals surface area contributed by atoms with E-state index in [9.17, 15) is 13.2 Å². The number of aromatic nitrogens is 2. The quantitative estimate of drug-likeness (QED) is 0.638. The first-order valence-corrected chi connectivity index (χ1v) is 10.9. The molecule has 0 saturated heterocycles. The Morgan fingerprint density at radius 2 is 1.79 bits per heavy atom. The third kappa shape index (κ3) is 4.38. The van der Waals surface area contributed by atoms with Gasteiger partial charge in [0.05, 0.1) is 17.1 Å². The normalized spacial score (nSPS) is 12.6. The number of hydrogen-bond donors (Lipinski definition) is 1. The molecule has 1 heterocycles. The van der Waals surface area contributed by atoms with E-state index in [4.69, 9.17) is 23.2 Å². The molecule has 1 N–H and O–H groups in total. The number of nitrogens with one attached hydrogen (secondary N) is 1. The molecular weight excluding hydrogens is 421 g/mol. The maximum atomic E-state index is 12.6. The number of sulfone groups is 1. The highest BCUT2D eigenvalue weighted by Gasteiger charge is 2.18. The standard InChI is InChI=1S/C19H17Cl2N3O3S/c1-12(16-11-14(20)5-8-17(16)21)24-18(9-10-22-24)23-19(25)13-3-6-15(7-4-13)28(2,26)27/h3-12H,1-2H3,(H,23,25). The zero-order chi connectivity index (χ0) is 20.5. The van der Waals surface area contributed by atoms with Crippen molar-refractivity contribution in [2.75, 3.05) is 11.6 Å². The predicted octanol–water partition coefficient (Wildman–Crippen LogP) is 4.46. The molecule has 0 aliphatic rings. The Morgan fingerprint density at radius 1 is 1.11 bits per heavy atom. The molecule has 2 aromatic carbocycles. The average Bonchev–Trinajstić information content (AvgIpc) is 3.10. The van der Waals surface area contributed by atoms with E-state index >= 15 is 0 Å². The summed E-state index contributed by atoms with van der Waals surface area (Å²) in [5, 5.41) is 8.16. The van der Waals surface area contributed by atoms with Crippen molar-refractivity contribution in [2.45, 2.75) is 17.9 Å². The Balaban J connectivity index is 1.84. The molecule has 0 radical (unpaired) electrons. The van der Waals surface area contributed by atoms with Gasteiger partial charge in [0, 0.05) is 27.9 Å². The molecule has 1 atom stereocenters. The van der Waals surface area contributed by atoms with Gasteiger partial charge in [-0.25, -0.2) is 13.1 Å². The maximum absolute atomic E-state index is 12.6. The zero-order valence-electron chi connectivity index (χ0n) is 15.1. The number of nitrogens with zero attached hydrogens (tertiary/aromatic N) is 2. The number of halogens is 2. The van der Waals surface area contributed by atoms with Crippen molar-refractivity contribution in [2.24, 2.45) is 0 Å². The lowest BCUT2D eigenvalue weighted by molar-refractivity contribution is 0.102. The van der Waals surface area contributed by atoms with E-state index in [0.717, 1.165) is 11.8 Å². The van der Waals surface area contributed by atoms with Crippen LogP contribution in [0, 0.1) is 0 Å². The van der Waals surface area contributed by atoms with Crippen LogP contribution < -0.4 is 5.32 Å². The van der Waals surface area contributed by atoms with Crippen molar-refractivity contribution in [3.63, 3.8) is 0 Å². The summed E-state index contributed by atoms with van der Waals surface area (Å²) in [4.78, 5) is 12.7. The Morgan fingerprint density at radius 3 is 2.43 bits per heavy atom. The highest BCUT2D eigenvalue weighted by Crippen LogP contribution is 2.30. The van der Waals surface area contributed by atoms with Crippen LogP contribution in [0.15, 0.2) is 59.6 Å². The Hall–Kier alpha value is -2.35. The second-order valence-corrected chi connectivity index (χ2v) is 9.11. The fourth-order valence-electron chi connectivity index (χ4n) is 2.73. The first kappa shape index (κ1) is 20.4. The number of carbonyl (C=O) groups excluding carboxylic acids is 1. The van der Waals surface area contributed by atoms with E-state index in [2.05, 4.69) is 10.4 Å². The van der Waals surface area contributed by atoms with Gasteiger partial charge in [-0.15, -0.1) is 0 Å². The fourth-order valence-corrected chi connectivity index (χ4v) is 3.82. The fraction of sp³-hybridized carbons (Fsp3) is 0.158. The van der Waals surface area contributed by atoms with E-state index in [1.54, 1.807) is 35.1 Å². The Labute approximate surface area is 173 Å². The average molecular weight is 438 g/mol. The first-order valence-electron chi connectivity index (χ1n) is 8.27. The third-order valence-electron chi connectivity index (χ3n) is 4.23. The molecule has 0 spiro atoms. The van der Waals surface area contributed by atoms with Crippen LogP contribution in [0.1, 0.15) is 28.9 Å². The summed E-state index contributed by atoms with van der Waals surface area (Å²) in [7, 11) is -3.32. The third-order valence-corrected chi connectivity index (χ3v) is 5.94. The Kier molecular flexibility index (Phi) is 5.79. The van der Waals surface area contributed by atoms with E-state index in [1.807, 2.05) is 6.92 Å². The number of benzene rings is 2. The summed E-state index contributed by atoms with van der Waals surface area (Å²) in [6.07, 6.45) is 2.68. The SMILES string of the molecule is CC(c1cc(Cl)ccc1Cl)n1nccc1NC(=O)c1ccc(S(C)(=O)=O)cc1. The van der Waals surface area contributed by atoms with Crippen molar-refractivity contribution >= 4 is 44.8 Å². The molecule has 1 aromatic heterocycles. The molecule has 1 amide bonds. The second kappa shape index (κ2) is 7.95. The minimum absolute atomic E-state index is 0.151. The van der Waals surface area contributed by atoms with E-state index in [-0.39, 0.29) is 16.8 Å². The monoisotopic (exact) mass is 437 g/mol. The minimum atomic E-state index is -3.32. The Bertz CT molecular complexity index is 1130. The summed E-state index contributed by atoms with van der Waals surface area (Å²) in [6.45, 7) is 1.89. The summed E-state index contributed by atoms with van der Waals surface area (Å²) < 4.78 is 24.7. The van der Waals surface area contributed by atoms with Crippen molar-refractivity contribution in [1.29, 1.82) is 0 Å². The molecule has 0 aliphatic heterocycles. The lowest BCUT2D eigenvalue weighted by atomic mass is 10.1. The van der Waals surface area contributed by atoms with Gasteiger partial charge in [0.2, 0.25) is 0 Å². The van der Waals surface area contributed by atoms with Crippen LogP contribution in [0.25, 0.3) is 0 Å². The van der Waals surface area contributed by atoms with Crippen LogP contribution in [0.3, 0.4) is 0 Å². The van der Waals surface area contributed by atoms with Crippen LogP contribution in [0.2, 0.25) is 10.0 Å². The zero-order valence-corrected chi connectivity index (χ0v) is 17.4. The van der Waals surface area contributed by atoms with Crippen molar-refractivity contribution in [3.8, 4) is 0 Å². The number of rotatable bonds is 5. The smallest absolute Gasteiger partial charge is 0.256 e. The number of carbonyl (C=O) groups is 1. The molecule has 0 fully saturated rings. The first-order chi connectivity index (χ1) is 13.2. The molecule has 1 unspecified atom stereocenters. The number of amides is 1. The van der Waals surface area contributed by atoms with Crippen molar-refractivity contribution in [3.05, 3.63) is 75.9 Å². The summed E-state index contributed by atoms with van der Waals surface area (Å²) in [5.41, 5.74) is 1.10. The van der Waals surface area contributed by atoms with Crippen molar-refractivity contribution < 1.29 is 13.2 Å². The molecule has 0 bridgehead atoms. The van der Waals surface area contributed by atoms with E-state index < -0.39 is 9.84 Å². The number of hydrogen-bond acceptors (Lipinski definition) is 4. The lowest BCUT2D eigenvalue weighted by Gasteiger charge is -2.18. The van der Waals surface area contributed by atoms with Crippen LogP contribution in [0.5, 0.6) is 0 Å². The lowest BCUT2D eigenvalue weighted by Crippen LogP contribution is -2.18. The van der Waals surface area contributed by atoms with Crippen molar-refractivity contribution in [1.82, 2.24) is 9.78 Å². The van der Waals surface area contributed by atoms with Gasteiger partial charge in [0.25, 0.3) is 5.91 Å². The van der Waals surface area contributed by atoms with E-state index in [1.165, 1.54) is 24.3 Å². The molecular formula is C19H17Cl2N3O3S. The van der Waals surface area contributed by atoms with Gasteiger partial charge in [-0.1, -0.05) is 23.2 Å². The van der Waals surface area contributed by atoms with Gasteiger partial charge in [-0.05, 0) is 55.0 Å². The van der Waals surface area contributed by atoms with Gasteiger partial charge in [0.15, 0.2) is 9.84 Å². The molecule has 9 heteroatoms. The van der Waals surface area contributed by atoms with Gasteiger partial charge < -0.3 is 5.32 Å².